The van der Waals surface area contributed by atoms with Crippen LogP contribution in [0.25, 0.3) is 0 Å². The Morgan fingerprint density at radius 1 is 1.26 bits per heavy atom. The van der Waals surface area contributed by atoms with Gasteiger partial charge in [-0.2, -0.15) is 0 Å². The second kappa shape index (κ2) is 9.07. The van der Waals surface area contributed by atoms with Gasteiger partial charge in [-0.3, -0.25) is 4.79 Å². The zero-order chi connectivity index (χ0) is 16.7. The lowest BCUT2D eigenvalue weighted by Crippen LogP contribution is -2.31. The van der Waals surface area contributed by atoms with Gasteiger partial charge < -0.3 is 10.6 Å². The van der Waals surface area contributed by atoms with Gasteiger partial charge in [0.25, 0.3) is 0 Å². The second-order valence-corrected chi connectivity index (χ2v) is 6.93. The molecule has 3 heteroatoms. The number of hydrogen-bond donors (Lipinski definition) is 1. The number of likely N-dealkylation sites (tertiary alicyclic amines) is 1. The van der Waals surface area contributed by atoms with Gasteiger partial charge in [-0.05, 0) is 30.4 Å². The summed E-state index contributed by atoms with van der Waals surface area (Å²) in [5, 5.41) is 0. The van der Waals surface area contributed by atoms with Crippen molar-refractivity contribution < 1.29 is 4.79 Å². The third-order valence-corrected chi connectivity index (χ3v) is 5.33. The summed E-state index contributed by atoms with van der Waals surface area (Å²) >= 11 is 0. The summed E-state index contributed by atoms with van der Waals surface area (Å²) in [7, 11) is 0. The third-order valence-electron chi connectivity index (χ3n) is 5.33. The molecular weight excluding hydrogens is 284 g/mol. The molecule has 1 aromatic carbocycles. The fraction of sp³-hybridized carbons (Fsp3) is 0.650. The van der Waals surface area contributed by atoms with E-state index in [1.54, 1.807) is 0 Å². The summed E-state index contributed by atoms with van der Waals surface area (Å²) in [5.74, 6) is 1.64. The Balaban J connectivity index is 1.97. The summed E-state index contributed by atoms with van der Waals surface area (Å²) < 4.78 is 0. The zero-order valence-electron chi connectivity index (χ0n) is 14.7. The Morgan fingerprint density at radius 2 is 2.00 bits per heavy atom. The highest BCUT2D eigenvalue weighted by Crippen LogP contribution is 2.33. The fourth-order valence-corrected chi connectivity index (χ4v) is 3.71. The molecule has 1 fully saturated rings. The van der Waals surface area contributed by atoms with E-state index in [9.17, 15) is 4.79 Å². The quantitative estimate of drug-likeness (QED) is 0.793. The third kappa shape index (κ3) is 4.81. The fourth-order valence-electron chi connectivity index (χ4n) is 3.71. The number of nitrogens with two attached hydrogens (primary N) is 1. The van der Waals surface area contributed by atoms with E-state index in [0.717, 1.165) is 19.5 Å². The second-order valence-electron chi connectivity index (χ2n) is 6.93. The minimum Gasteiger partial charge on any atom is -0.342 e. The molecule has 1 aromatic rings. The monoisotopic (exact) mass is 316 g/mol. The lowest BCUT2D eigenvalue weighted by atomic mass is 9.89. The summed E-state index contributed by atoms with van der Waals surface area (Å²) in [6.07, 6.45) is 5.41. The van der Waals surface area contributed by atoms with E-state index < -0.39 is 0 Å². The first kappa shape index (κ1) is 18.0. The molecule has 128 valence electrons. The van der Waals surface area contributed by atoms with Gasteiger partial charge >= 0.3 is 0 Å². The molecule has 1 amide bonds. The van der Waals surface area contributed by atoms with E-state index in [4.69, 9.17) is 5.73 Å². The number of amides is 1. The van der Waals surface area contributed by atoms with E-state index >= 15 is 0 Å². The van der Waals surface area contributed by atoms with Crippen LogP contribution in [-0.4, -0.2) is 30.4 Å². The normalized spacial score (nSPS) is 22.3. The highest BCUT2D eigenvalue weighted by molar-refractivity contribution is 5.77. The van der Waals surface area contributed by atoms with Crippen molar-refractivity contribution in [2.24, 2.45) is 17.6 Å². The molecule has 2 N–H and O–H groups in total. The average molecular weight is 316 g/mol. The van der Waals surface area contributed by atoms with Gasteiger partial charge in [0.2, 0.25) is 5.91 Å². The number of carbonyl (C=O) groups is 1. The van der Waals surface area contributed by atoms with E-state index in [0.29, 0.717) is 36.6 Å². The molecule has 1 unspecified atom stereocenters. The molecule has 3 atom stereocenters. The van der Waals surface area contributed by atoms with Gasteiger partial charge in [0, 0.05) is 25.4 Å². The zero-order valence-corrected chi connectivity index (χ0v) is 14.7. The summed E-state index contributed by atoms with van der Waals surface area (Å²) in [6.45, 7) is 6.71. The number of rotatable bonds is 8. The number of hydrogen-bond acceptors (Lipinski definition) is 2. The van der Waals surface area contributed by atoms with Crippen molar-refractivity contribution in [3.63, 3.8) is 0 Å². The summed E-state index contributed by atoms with van der Waals surface area (Å²) in [6, 6.07) is 10.5. The Labute approximate surface area is 141 Å². The molecule has 23 heavy (non-hydrogen) atoms. The van der Waals surface area contributed by atoms with Gasteiger partial charge in [-0.15, -0.1) is 0 Å². The van der Waals surface area contributed by atoms with Crippen molar-refractivity contribution in [3.05, 3.63) is 35.9 Å². The van der Waals surface area contributed by atoms with Crippen molar-refractivity contribution in [2.45, 2.75) is 51.9 Å². The van der Waals surface area contributed by atoms with Crippen LogP contribution in [0.2, 0.25) is 0 Å². The summed E-state index contributed by atoms with van der Waals surface area (Å²) in [4.78, 5) is 14.8. The lowest BCUT2D eigenvalue weighted by molar-refractivity contribution is -0.131. The van der Waals surface area contributed by atoms with Crippen LogP contribution in [0.5, 0.6) is 0 Å². The smallest absolute Gasteiger partial charge is 0.222 e. The first-order valence-corrected chi connectivity index (χ1v) is 9.22. The SMILES string of the molecule is CCCCC(CC)CC(=O)N1C[C@@H](CN)[C@H](c2ccccc2)C1. The van der Waals surface area contributed by atoms with Crippen LogP contribution in [0.15, 0.2) is 30.3 Å². The van der Waals surface area contributed by atoms with Gasteiger partial charge in [0.15, 0.2) is 0 Å². The van der Waals surface area contributed by atoms with E-state index in [-0.39, 0.29) is 0 Å². The van der Waals surface area contributed by atoms with Gasteiger partial charge in [0.1, 0.15) is 0 Å². The number of carbonyl (C=O) groups excluding carboxylic acids is 1. The molecule has 1 aliphatic rings. The molecule has 2 rings (SSSR count). The average Bonchev–Trinajstić information content (AvgIpc) is 3.03. The molecule has 1 saturated heterocycles. The van der Waals surface area contributed by atoms with Crippen LogP contribution in [0.4, 0.5) is 0 Å². The molecule has 3 nitrogen and oxygen atoms in total. The van der Waals surface area contributed by atoms with Crippen LogP contribution in [0, 0.1) is 11.8 Å². The molecule has 1 aliphatic heterocycles. The Morgan fingerprint density at radius 3 is 2.61 bits per heavy atom. The number of nitrogens with zero attached hydrogens (tertiary/aromatic N) is 1. The van der Waals surface area contributed by atoms with Crippen molar-refractivity contribution in [2.75, 3.05) is 19.6 Å². The maximum atomic E-state index is 12.7. The molecule has 0 bridgehead atoms. The van der Waals surface area contributed by atoms with Gasteiger partial charge in [-0.1, -0.05) is 63.4 Å². The molecule has 1 heterocycles. The molecule has 0 spiro atoms. The standard InChI is InChI=1S/C20H32N2O/c1-3-5-9-16(4-2)12-20(23)22-14-18(13-21)19(15-22)17-10-7-6-8-11-17/h6-8,10-11,16,18-19H,3-5,9,12-15,21H2,1-2H3/t16?,18-,19+/m1/s1. The van der Waals surface area contributed by atoms with Crippen LogP contribution in [0.1, 0.15) is 57.4 Å². The predicted octanol–water partition coefficient (Wildman–Crippen LogP) is 3.79. The first-order valence-electron chi connectivity index (χ1n) is 9.22. The number of benzene rings is 1. The van der Waals surface area contributed by atoms with Crippen LogP contribution in [-0.2, 0) is 4.79 Å². The largest absolute Gasteiger partial charge is 0.342 e. The maximum absolute atomic E-state index is 12.7. The maximum Gasteiger partial charge on any atom is 0.222 e. The molecule has 0 radical (unpaired) electrons. The summed E-state index contributed by atoms with van der Waals surface area (Å²) in [5.41, 5.74) is 7.30. The van der Waals surface area contributed by atoms with Crippen LogP contribution in [0.3, 0.4) is 0 Å². The topological polar surface area (TPSA) is 46.3 Å². The van der Waals surface area contributed by atoms with Crippen molar-refractivity contribution in [1.82, 2.24) is 4.90 Å². The van der Waals surface area contributed by atoms with E-state index in [1.165, 1.54) is 24.8 Å². The van der Waals surface area contributed by atoms with Crippen molar-refractivity contribution in [3.8, 4) is 0 Å². The Hall–Kier alpha value is -1.35. The van der Waals surface area contributed by atoms with Crippen molar-refractivity contribution >= 4 is 5.91 Å². The highest BCUT2D eigenvalue weighted by atomic mass is 16.2. The van der Waals surface area contributed by atoms with Gasteiger partial charge in [-0.25, -0.2) is 0 Å². The molecular formula is C20H32N2O. The molecule has 0 aliphatic carbocycles. The molecule has 0 saturated carbocycles. The van der Waals surface area contributed by atoms with E-state index in [2.05, 4.69) is 43.0 Å². The minimum atomic E-state index is 0.324. The minimum absolute atomic E-state index is 0.324. The van der Waals surface area contributed by atoms with Gasteiger partial charge in [0.05, 0.1) is 0 Å². The lowest BCUT2D eigenvalue weighted by Gasteiger charge is -2.20. The van der Waals surface area contributed by atoms with Crippen molar-refractivity contribution in [1.29, 1.82) is 0 Å². The predicted molar refractivity (Wildman–Crippen MR) is 96.2 cm³/mol. The van der Waals surface area contributed by atoms with E-state index in [1.807, 2.05) is 6.07 Å². The Bertz CT molecular complexity index is 474. The molecule has 0 aromatic heterocycles. The highest BCUT2D eigenvalue weighted by Gasteiger charge is 2.35. The van der Waals surface area contributed by atoms with Crippen LogP contribution < -0.4 is 5.73 Å². The Kier molecular flexibility index (Phi) is 7.10. The number of unbranched alkanes of at least 4 members (excludes halogenated alkanes) is 1. The van der Waals surface area contributed by atoms with Crippen LogP contribution >= 0.6 is 0 Å². The first-order chi connectivity index (χ1) is 11.2.